The van der Waals surface area contributed by atoms with Crippen molar-refractivity contribution < 1.29 is 9.53 Å². The Hall–Kier alpha value is -1.71. The van der Waals surface area contributed by atoms with Crippen molar-refractivity contribution in [1.82, 2.24) is 0 Å². The van der Waals surface area contributed by atoms with Crippen molar-refractivity contribution in [2.75, 3.05) is 17.7 Å². The van der Waals surface area contributed by atoms with E-state index in [0.717, 1.165) is 23.2 Å². The summed E-state index contributed by atoms with van der Waals surface area (Å²) in [7, 11) is 1.37. The lowest BCUT2D eigenvalue weighted by atomic mass is 9.79. The van der Waals surface area contributed by atoms with Gasteiger partial charge in [-0.25, -0.2) is 4.79 Å². The highest BCUT2D eigenvalue weighted by Gasteiger charge is 2.23. The Labute approximate surface area is 127 Å². The first-order valence-electron chi connectivity index (χ1n) is 7.80. The second-order valence-electron chi connectivity index (χ2n) is 6.21. The van der Waals surface area contributed by atoms with E-state index < -0.39 is 6.09 Å². The molecule has 1 aliphatic carbocycles. The lowest BCUT2D eigenvalue weighted by Gasteiger charge is -2.32. The maximum absolute atomic E-state index is 11.2. The highest BCUT2D eigenvalue weighted by atomic mass is 16.5. The fraction of sp³-hybridized carbons (Fsp3) is 0.588. The number of amides is 1. The third-order valence-electron chi connectivity index (χ3n) is 4.32. The van der Waals surface area contributed by atoms with Crippen LogP contribution in [0.1, 0.15) is 39.5 Å². The standard InChI is InChI=1S/C17H26N2O2/c1-12(2)13-6-4-7-14(10-13)18-15-8-5-9-16(11-15)19-17(20)21-3/h5,8-9,11-14,18H,4,6-7,10H2,1-3H3,(H,19,20). The third kappa shape index (κ3) is 4.66. The lowest BCUT2D eigenvalue weighted by molar-refractivity contribution is 0.187. The third-order valence-corrected chi connectivity index (χ3v) is 4.32. The van der Waals surface area contributed by atoms with Crippen LogP contribution in [0.5, 0.6) is 0 Å². The molecule has 4 heteroatoms. The minimum atomic E-state index is -0.440. The van der Waals surface area contributed by atoms with Crippen LogP contribution in [0.25, 0.3) is 0 Å². The Morgan fingerprint density at radius 1 is 1.29 bits per heavy atom. The van der Waals surface area contributed by atoms with Crippen LogP contribution in [0.15, 0.2) is 24.3 Å². The summed E-state index contributed by atoms with van der Waals surface area (Å²) in [6, 6.07) is 8.33. The summed E-state index contributed by atoms with van der Waals surface area (Å²) < 4.78 is 4.61. The van der Waals surface area contributed by atoms with Gasteiger partial charge in [-0.15, -0.1) is 0 Å². The Bertz CT molecular complexity index is 474. The van der Waals surface area contributed by atoms with Gasteiger partial charge in [-0.3, -0.25) is 5.32 Å². The van der Waals surface area contributed by atoms with Gasteiger partial charge in [-0.05, 0) is 42.9 Å². The fourth-order valence-electron chi connectivity index (χ4n) is 3.06. The van der Waals surface area contributed by atoms with Gasteiger partial charge in [-0.2, -0.15) is 0 Å². The summed E-state index contributed by atoms with van der Waals surface area (Å²) in [6.45, 7) is 4.63. The molecular formula is C17H26N2O2. The summed E-state index contributed by atoms with van der Waals surface area (Å²) in [6.07, 6.45) is 4.65. The first-order valence-corrected chi connectivity index (χ1v) is 7.80. The van der Waals surface area contributed by atoms with Gasteiger partial charge in [0.15, 0.2) is 0 Å². The maximum Gasteiger partial charge on any atom is 0.411 e. The van der Waals surface area contributed by atoms with Crippen molar-refractivity contribution in [3.63, 3.8) is 0 Å². The van der Waals surface area contributed by atoms with Crippen LogP contribution >= 0.6 is 0 Å². The lowest BCUT2D eigenvalue weighted by Crippen LogP contribution is -2.29. The van der Waals surface area contributed by atoms with Crippen molar-refractivity contribution in [3.05, 3.63) is 24.3 Å². The van der Waals surface area contributed by atoms with Gasteiger partial charge >= 0.3 is 6.09 Å². The number of rotatable bonds is 4. The van der Waals surface area contributed by atoms with E-state index in [2.05, 4.69) is 29.2 Å². The normalized spacial score (nSPS) is 21.9. The number of methoxy groups -OCH3 is 1. The summed E-state index contributed by atoms with van der Waals surface area (Å²) in [5.41, 5.74) is 1.81. The molecule has 1 aliphatic rings. The van der Waals surface area contributed by atoms with Crippen LogP contribution in [-0.2, 0) is 4.74 Å². The quantitative estimate of drug-likeness (QED) is 0.859. The van der Waals surface area contributed by atoms with Crippen molar-refractivity contribution in [1.29, 1.82) is 0 Å². The summed E-state index contributed by atoms with van der Waals surface area (Å²) in [4.78, 5) is 11.2. The minimum Gasteiger partial charge on any atom is -0.453 e. The Morgan fingerprint density at radius 3 is 2.76 bits per heavy atom. The molecule has 0 bridgehead atoms. The molecule has 1 fully saturated rings. The second-order valence-corrected chi connectivity index (χ2v) is 6.21. The van der Waals surface area contributed by atoms with E-state index in [9.17, 15) is 4.79 Å². The van der Waals surface area contributed by atoms with Gasteiger partial charge in [0.05, 0.1) is 7.11 Å². The molecule has 0 spiro atoms. The van der Waals surface area contributed by atoms with E-state index in [1.807, 2.05) is 24.3 Å². The molecule has 0 radical (unpaired) electrons. The maximum atomic E-state index is 11.2. The molecule has 1 aromatic carbocycles. The number of hydrogen-bond acceptors (Lipinski definition) is 3. The average Bonchev–Trinajstić information content (AvgIpc) is 2.47. The van der Waals surface area contributed by atoms with E-state index in [0.29, 0.717) is 6.04 Å². The van der Waals surface area contributed by atoms with Crippen molar-refractivity contribution >= 4 is 17.5 Å². The Balaban J connectivity index is 1.96. The molecule has 2 unspecified atom stereocenters. The first-order chi connectivity index (χ1) is 10.1. The number of carbonyl (C=O) groups is 1. The molecule has 1 aromatic rings. The average molecular weight is 290 g/mol. The number of anilines is 2. The number of carbonyl (C=O) groups excluding carboxylic acids is 1. The molecule has 0 aromatic heterocycles. The van der Waals surface area contributed by atoms with Gasteiger partial charge in [0.1, 0.15) is 0 Å². The van der Waals surface area contributed by atoms with Crippen molar-refractivity contribution in [3.8, 4) is 0 Å². The number of benzene rings is 1. The van der Waals surface area contributed by atoms with Crippen LogP contribution in [0, 0.1) is 11.8 Å². The summed E-state index contributed by atoms with van der Waals surface area (Å²) in [5, 5.41) is 6.30. The molecule has 1 amide bonds. The molecule has 116 valence electrons. The smallest absolute Gasteiger partial charge is 0.411 e. The highest BCUT2D eigenvalue weighted by molar-refractivity contribution is 5.85. The molecule has 0 heterocycles. The molecule has 2 atom stereocenters. The molecule has 0 aliphatic heterocycles. The van der Waals surface area contributed by atoms with Crippen molar-refractivity contribution in [2.45, 2.75) is 45.6 Å². The van der Waals surface area contributed by atoms with E-state index in [1.54, 1.807) is 0 Å². The van der Waals surface area contributed by atoms with Crippen LogP contribution < -0.4 is 10.6 Å². The van der Waals surface area contributed by atoms with E-state index >= 15 is 0 Å². The van der Waals surface area contributed by atoms with Crippen molar-refractivity contribution in [2.24, 2.45) is 11.8 Å². The van der Waals surface area contributed by atoms with Gasteiger partial charge in [0.25, 0.3) is 0 Å². The number of hydrogen-bond donors (Lipinski definition) is 2. The van der Waals surface area contributed by atoms with Gasteiger partial charge in [0, 0.05) is 17.4 Å². The zero-order valence-electron chi connectivity index (χ0n) is 13.2. The Morgan fingerprint density at radius 2 is 2.05 bits per heavy atom. The SMILES string of the molecule is COC(=O)Nc1cccc(NC2CCCC(C(C)C)C2)c1. The number of nitrogens with one attached hydrogen (secondary N) is 2. The first kappa shape index (κ1) is 15.7. The van der Waals surface area contributed by atoms with Gasteiger partial charge in [0.2, 0.25) is 0 Å². The van der Waals surface area contributed by atoms with E-state index in [1.165, 1.54) is 32.8 Å². The van der Waals surface area contributed by atoms with Crippen LogP contribution in [-0.4, -0.2) is 19.2 Å². The largest absolute Gasteiger partial charge is 0.453 e. The zero-order chi connectivity index (χ0) is 15.2. The number of ether oxygens (including phenoxy) is 1. The fourth-order valence-corrected chi connectivity index (χ4v) is 3.06. The van der Waals surface area contributed by atoms with Crippen LogP contribution in [0.4, 0.5) is 16.2 Å². The van der Waals surface area contributed by atoms with Crippen LogP contribution in [0.3, 0.4) is 0 Å². The van der Waals surface area contributed by atoms with Gasteiger partial charge in [-0.1, -0.05) is 32.8 Å². The predicted molar refractivity (Wildman–Crippen MR) is 86.7 cm³/mol. The molecule has 1 saturated carbocycles. The van der Waals surface area contributed by atoms with Crippen LogP contribution in [0.2, 0.25) is 0 Å². The zero-order valence-corrected chi connectivity index (χ0v) is 13.2. The molecule has 0 saturated heterocycles. The molecule has 4 nitrogen and oxygen atoms in total. The summed E-state index contributed by atoms with van der Waals surface area (Å²) >= 11 is 0. The molecule has 21 heavy (non-hydrogen) atoms. The molecular weight excluding hydrogens is 264 g/mol. The minimum absolute atomic E-state index is 0.440. The summed E-state index contributed by atoms with van der Waals surface area (Å²) in [5.74, 6) is 1.56. The predicted octanol–water partition coefficient (Wildman–Crippen LogP) is 4.49. The Kier molecular flexibility index (Phi) is 5.48. The monoisotopic (exact) mass is 290 g/mol. The van der Waals surface area contributed by atoms with E-state index in [4.69, 9.17) is 0 Å². The van der Waals surface area contributed by atoms with E-state index in [-0.39, 0.29) is 0 Å². The second kappa shape index (κ2) is 7.34. The molecule has 2 N–H and O–H groups in total. The molecule has 2 rings (SSSR count). The topological polar surface area (TPSA) is 50.4 Å². The van der Waals surface area contributed by atoms with Gasteiger partial charge < -0.3 is 10.1 Å². The highest BCUT2D eigenvalue weighted by Crippen LogP contribution is 2.31.